The Balaban J connectivity index is 1.89. The lowest BCUT2D eigenvalue weighted by Gasteiger charge is -2.30. The van der Waals surface area contributed by atoms with Gasteiger partial charge < -0.3 is 15.0 Å². The third-order valence-corrected chi connectivity index (χ3v) is 4.32. The van der Waals surface area contributed by atoms with Crippen molar-refractivity contribution >= 4 is 0 Å². The van der Waals surface area contributed by atoms with Gasteiger partial charge in [-0.2, -0.15) is 0 Å². The summed E-state index contributed by atoms with van der Waals surface area (Å²) in [5.74, 6) is 1.83. The van der Waals surface area contributed by atoms with Crippen molar-refractivity contribution in [3.05, 3.63) is 18.2 Å². The Bertz CT molecular complexity index is 358. The third kappa shape index (κ3) is 4.05. The number of aryl methyl sites for hydroxylation is 1. The topological polar surface area (TPSA) is 50.1 Å². The summed E-state index contributed by atoms with van der Waals surface area (Å²) < 4.78 is 2.17. The molecule has 0 aliphatic heterocycles. The molecule has 2 rings (SSSR count). The molecule has 2 N–H and O–H groups in total. The van der Waals surface area contributed by atoms with E-state index in [0.29, 0.717) is 6.04 Å². The second-order valence-electron chi connectivity index (χ2n) is 5.53. The highest BCUT2D eigenvalue weighted by atomic mass is 16.3. The normalized spacial score (nSPS) is 18.6. The molecule has 1 saturated carbocycles. The zero-order valence-corrected chi connectivity index (χ0v) is 12.0. The lowest BCUT2D eigenvalue weighted by atomic mass is 9.83. The average Bonchev–Trinajstić information content (AvgIpc) is 2.92. The van der Waals surface area contributed by atoms with Crippen LogP contribution in [0.4, 0.5) is 0 Å². The van der Waals surface area contributed by atoms with Crippen LogP contribution in [-0.4, -0.2) is 27.3 Å². The molecule has 1 aromatic heterocycles. The number of aliphatic hydroxyl groups is 1. The molecule has 19 heavy (non-hydrogen) atoms. The van der Waals surface area contributed by atoms with Crippen molar-refractivity contribution in [1.29, 1.82) is 0 Å². The van der Waals surface area contributed by atoms with Gasteiger partial charge in [0.05, 0.1) is 6.54 Å². The molecular weight excluding hydrogens is 238 g/mol. The summed E-state index contributed by atoms with van der Waals surface area (Å²) in [6, 6.07) is 0.437. The average molecular weight is 265 g/mol. The van der Waals surface area contributed by atoms with Gasteiger partial charge in [-0.3, -0.25) is 0 Å². The maximum absolute atomic E-state index is 9.26. The quantitative estimate of drug-likeness (QED) is 0.795. The number of hydrogen-bond acceptors (Lipinski definition) is 3. The van der Waals surface area contributed by atoms with E-state index < -0.39 is 0 Å². The van der Waals surface area contributed by atoms with Crippen LogP contribution in [0.2, 0.25) is 0 Å². The Morgan fingerprint density at radius 1 is 1.42 bits per heavy atom. The van der Waals surface area contributed by atoms with Crippen LogP contribution >= 0.6 is 0 Å². The second kappa shape index (κ2) is 7.65. The minimum Gasteiger partial charge on any atom is -0.396 e. The fraction of sp³-hybridized carbons (Fsp3) is 0.800. The van der Waals surface area contributed by atoms with Crippen LogP contribution in [0.25, 0.3) is 0 Å². The second-order valence-corrected chi connectivity index (χ2v) is 5.53. The largest absolute Gasteiger partial charge is 0.396 e. The number of hydrogen-bond donors (Lipinski definition) is 2. The van der Waals surface area contributed by atoms with Gasteiger partial charge in [-0.25, -0.2) is 4.98 Å². The number of nitrogens with zero attached hydrogens (tertiary/aromatic N) is 2. The highest BCUT2D eigenvalue weighted by molar-refractivity contribution is 4.93. The van der Waals surface area contributed by atoms with Gasteiger partial charge in [-0.05, 0) is 32.1 Å². The molecule has 1 unspecified atom stereocenters. The van der Waals surface area contributed by atoms with Crippen LogP contribution in [0, 0.1) is 5.92 Å². The molecule has 1 aliphatic rings. The van der Waals surface area contributed by atoms with E-state index in [0.717, 1.165) is 31.3 Å². The fourth-order valence-electron chi connectivity index (χ4n) is 3.20. The lowest BCUT2D eigenvalue weighted by molar-refractivity contribution is 0.204. The van der Waals surface area contributed by atoms with Gasteiger partial charge in [0.1, 0.15) is 5.82 Å². The Hall–Kier alpha value is -0.870. The Kier molecular flexibility index (Phi) is 5.86. The van der Waals surface area contributed by atoms with E-state index in [9.17, 15) is 5.11 Å². The molecule has 4 nitrogen and oxygen atoms in total. The molecule has 1 aliphatic carbocycles. The fourth-order valence-corrected chi connectivity index (χ4v) is 3.20. The van der Waals surface area contributed by atoms with Crippen LogP contribution < -0.4 is 5.32 Å². The van der Waals surface area contributed by atoms with Gasteiger partial charge in [0.15, 0.2) is 0 Å². The maximum atomic E-state index is 9.26. The number of rotatable bonds is 7. The van der Waals surface area contributed by atoms with Crippen molar-refractivity contribution in [2.45, 2.75) is 64.6 Å². The van der Waals surface area contributed by atoms with Crippen molar-refractivity contribution < 1.29 is 5.11 Å². The number of aromatic nitrogens is 2. The SMILES string of the molecule is CCn1ccnc1CNC(CCO)C1CCCCC1. The van der Waals surface area contributed by atoms with E-state index >= 15 is 0 Å². The van der Waals surface area contributed by atoms with E-state index in [1.165, 1.54) is 32.1 Å². The first kappa shape index (κ1) is 14.5. The highest BCUT2D eigenvalue weighted by Crippen LogP contribution is 2.27. The van der Waals surface area contributed by atoms with Gasteiger partial charge in [0.25, 0.3) is 0 Å². The number of nitrogens with one attached hydrogen (secondary N) is 1. The van der Waals surface area contributed by atoms with Gasteiger partial charge in [-0.15, -0.1) is 0 Å². The molecule has 1 aromatic rings. The Morgan fingerprint density at radius 2 is 2.21 bits per heavy atom. The van der Waals surface area contributed by atoms with Gasteiger partial charge in [0.2, 0.25) is 0 Å². The summed E-state index contributed by atoms with van der Waals surface area (Å²) in [6.45, 7) is 4.18. The molecule has 0 radical (unpaired) electrons. The molecule has 0 bridgehead atoms. The van der Waals surface area contributed by atoms with Crippen molar-refractivity contribution in [1.82, 2.24) is 14.9 Å². The summed E-state index contributed by atoms with van der Waals surface area (Å²) in [6.07, 6.45) is 11.4. The summed E-state index contributed by atoms with van der Waals surface area (Å²) in [5.41, 5.74) is 0. The monoisotopic (exact) mass is 265 g/mol. The van der Waals surface area contributed by atoms with Crippen molar-refractivity contribution in [2.24, 2.45) is 5.92 Å². The van der Waals surface area contributed by atoms with Crippen molar-refractivity contribution in [3.63, 3.8) is 0 Å². The summed E-state index contributed by atoms with van der Waals surface area (Å²) in [5, 5.41) is 12.9. The molecular formula is C15H27N3O. The zero-order valence-electron chi connectivity index (χ0n) is 12.0. The molecule has 0 amide bonds. The smallest absolute Gasteiger partial charge is 0.122 e. The van der Waals surface area contributed by atoms with Crippen LogP contribution in [0.3, 0.4) is 0 Å². The number of imidazole rings is 1. The lowest BCUT2D eigenvalue weighted by Crippen LogP contribution is -2.38. The van der Waals surface area contributed by atoms with E-state index in [-0.39, 0.29) is 6.61 Å². The molecule has 0 spiro atoms. The van der Waals surface area contributed by atoms with E-state index in [1.54, 1.807) is 0 Å². The minimum atomic E-state index is 0.274. The predicted octanol–water partition coefficient (Wildman–Crippen LogP) is 2.32. The maximum Gasteiger partial charge on any atom is 0.122 e. The van der Waals surface area contributed by atoms with Gasteiger partial charge in [-0.1, -0.05) is 19.3 Å². The molecule has 1 heterocycles. The van der Waals surface area contributed by atoms with Crippen molar-refractivity contribution in [2.75, 3.05) is 6.61 Å². The Labute approximate surface area is 116 Å². The Morgan fingerprint density at radius 3 is 2.89 bits per heavy atom. The zero-order chi connectivity index (χ0) is 13.5. The van der Waals surface area contributed by atoms with E-state index in [2.05, 4.69) is 21.8 Å². The van der Waals surface area contributed by atoms with Crippen LogP contribution in [-0.2, 0) is 13.1 Å². The summed E-state index contributed by atoms with van der Waals surface area (Å²) in [4.78, 5) is 4.40. The molecule has 0 saturated heterocycles. The summed E-state index contributed by atoms with van der Waals surface area (Å²) >= 11 is 0. The first-order valence-corrected chi connectivity index (χ1v) is 7.69. The first-order valence-electron chi connectivity index (χ1n) is 7.69. The molecule has 1 atom stereocenters. The molecule has 0 aromatic carbocycles. The minimum absolute atomic E-state index is 0.274. The third-order valence-electron chi connectivity index (χ3n) is 4.32. The van der Waals surface area contributed by atoms with Crippen LogP contribution in [0.5, 0.6) is 0 Å². The van der Waals surface area contributed by atoms with E-state index in [1.807, 2.05) is 12.4 Å². The van der Waals surface area contributed by atoms with Crippen molar-refractivity contribution in [3.8, 4) is 0 Å². The molecule has 4 heteroatoms. The highest BCUT2D eigenvalue weighted by Gasteiger charge is 2.23. The predicted molar refractivity (Wildman–Crippen MR) is 76.8 cm³/mol. The van der Waals surface area contributed by atoms with E-state index in [4.69, 9.17) is 0 Å². The van der Waals surface area contributed by atoms with Crippen LogP contribution in [0.1, 0.15) is 51.3 Å². The molecule has 108 valence electrons. The van der Waals surface area contributed by atoms with Gasteiger partial charge >= 0.3 is 0 Å². The van der Waals surface area contributed by atoms with Gasteiger partial charge in [0, 0.05) is 31.6 Å². The van der Waals surface area contributed by atoms with Crippen LogP contribution in [0.15, 0.2) is 12.4 Å². The standard InChI is InChI=1S/C15H27N3O/c1-2-18-10-9-16-15(18)12-17-14(8-11-19)13-6-4-3-5-7-13/h9-10,13-14,17,19H,2-8,11-12H2,1H3. The first-order chi connectivity index (χ1) is 9.35. The summed E-state index contributed by atoms with van der Waals surface area (Å²) in [7, 11) is 0. The molecule has 1 fully saturated rings. The number of aliphatic hydroxyl groups excluding tert-OH is 1.